The van der Waals surface area contributed by atoms with Gasteiger partial charge < -0.3 is 14.5 Å². The third kappa shape index (κ3) is 4.36. The number of ether oxygens (including phenoxy) is 2. The summed E-state index contributed by atoms with van der Waals surface area (Å²) in [7, 11) is 0. The van der Waals surface area contributed by atoms with Crippen molar-refractivity contribution in [3.63, 3.8) is 0 Å². The summed E-state index contributed by atoms with van der Waals surface area (Å²) in [4.78, 5) is 15.8. The van der Waals surface area contributed by atoms with Gasteiger partial charge in [-0.1, -0.05) is 12.1 Å². The molecule has 1 N–H and O–H groups in total. The van der Waals surface area contributed by atoms with E-state index in [0.29, 0.717) is 22.6 Å². The van der Waals surface area contributed by atoms with Gasteiger partial charge in [-0.3, -0.25) is 4.79 Å². The lowest BCUT2D eigenvalue weighted by Crippen LogP contribution is -2.16. The first kappa shape index (κ1) is 19.5. The maximum absolute atomic E-state index is 12.6. The van der Waals surface area contributed by atoms with Crippen molar-refractivity contribution in [2.75, 3.05) is 0 Å². The van der Waals surface area contributed by atoms with E-state index in [-0.39, 0.29) is 11.2 Å². The number of halogens is 3. The fourth-order valence-corrected chi connectivity index (χ4v) is 2.85. The first-order chi connectivity index (χ1) is 13.1. The number of H-pyrrole nitrogens is 1. The van der Waals surface area contributed by atoms with Crippen LogP contribution in [-0.4, -0.2) is 11.3 Å². The van der Waals surface area contributed by atoms with Gasteiger partial charge in [0.25, 0.3) is 0 Å². The van der Waals surface area contributed by atoms with Gasteiger partial charge in [0.2, 0.25) is 0 Å². The molecule has 146 valence electrons. The number of aryl methyl sites for hydroxylation is 2. The summed E-state index contributed by atoms with van der Waals surface area (Å²) in [5, 5.41) is 0. The predicted octanol–water partition coefficient (Wildman–Crippen LogP) is 5.66. The quantitative estimate of drug-likeness (QED) is 0.627. The van der Waals surface area contributed by atoms with Crippen LogP contribution < -0.4 is 14.9 Å². The first-order valence-corrected chi connectivity index (χ1v) is 8.48. The predicted molar refractivity (Wildman–Crippen MR) is 99.9 cm³/mol. The molecule has 0 unspecified atom stereocenters. The van der Waals surface area contributed by atoms with E-state index in [1.807, 2.05) is 13.8 Å². The Morgan fingerprint density at radius 1 is 0.786 bits per heavy atom. The van der Waals surface area contributed by atoms with Crippen LogP contribution in [0.1, 0.15) is 17.0 Å². The number of hydrogen-bond donors (Lipinski definition) is 1. The van der Waals surface area contributed by atoms with Gasteiger partial charge in [-0.2, -0.15) is 0 Å². The highest BCUT2D eigenvalue weighted by Crippen LogP contribution is 2.29. The largest absolute Gasteiger partial charge is 0.573 e. The smallest absolute Gasteiger partial charge is 0.457 e. The molecule has 0 atom stereocenters. The zero-order valence-electron chi connectivity index (χ0n) is 15.5. The molecule has 7 heteroatoms. The summed E-state index contributed by atoms with van der Waals surface area (Å²) < 4.78 is 46.0. The van der Waals surface area contributed by atoms with Crippen LogP contribution in [0, 0.1) is 20.8 Å². The van der Waals surface area contributed by atoms with Gasteiger partial charge in [-0.05, 0) is 62.7 Å². The maximum atomic E-state index is 12.6. The Kier molecular flexibility index (Phi) is 5.18. The number of rotatable bonds is 4. The SMILES string of the molecule is Cc1[nH]c(C)c(-c2ccc(Oc3ccc(OC(F)(F)F)cc3)cc2)c(=O)c1C. The van der Waals surface area contributed by atoms with Crippen molar-refractivity contribution < 1.29 is 22.6 Å². The van der Waals surface area contributed by atoms with E-state index >= 15 is 0 Å². The Hall–Kier alpha value is -3.22. The molecule has 1 heterocycles. The first-order valence-electron chi connectivity index (χ1n) is 8.48. The van der Waals surface area contributed by atoms with Crippen molar-refractivity contribution in [3.8, 4) is 28.4 Å². The molecule has 3 rings (SSSR count). The van der Waals surface area contributed by atoms with Gasteiger partial charge >= 0.3 is 6.36 Å². The van der Waals surface area contributed by atoms with E-state index < -0.39 is 6.36 Å². The molecule has 0 aliphatic rings. The molecule has 0 spiro atoms. The fraction of sp³-hybridized carbons (Fsp3) is 0.190. The highest BCUT2D eigenvalue weighted by molar-refractivity contribution is 5.67. The van der Waals surface area contributed by atoms with Crippen molar-refractivity contribution in [2.24, 2.45) is 0 Å². The van der Waals surface area contributed by atoms with Crippen LogP contribution in [0.4, 0.5) is 13.2 Å². The standard InChI is InChI=1S/C21H18F3NO3/c1-12-13(2)25-14(3)19(20(12)26)15-4-6-16(7-5-15)27-17-8-10-18(11-9-17)28-21(22,23)24/h4-11H,1-3H3,(H,25,26). The Morgan fingerprint density at radius 2 is 1.29 bits per heavy atom. The molecule has 0 bridgehead atoms. The van der Waals surface area contributed by atoms with E-state index in [0.717, 1.165) is 17.0 Å². The normalized spacial score (nSPS) is 11.4. The summed E-state index contributed by atoms with van der Waals surface area (Å²) in [6.45, 7) is 5.48. The lowest BCUT2D eigenvalue weighted by atomic mass is 10.0. The molecule has 0 saturated heterocycles. The number of alkyl halides is 3. The van der Waals surface area contributed by atoms with Crippen LogP contribution in [0.25, 0.3) is 11.1 Å². The zero-order chi connectivity index (χ0) is 20.5. The lowest BCUT2D eigenvalue weighted by molar-refractivity contribution is -0.274. The van der Waals surface area contributed by atoms with Crippen molar-refractivity contribution >= 4 is 0 Å². The molecular weight excluding hydrogens is 371 g/mol. The molecule has 2 aromatic carbocycles. The van der Waals surface area contributed by atoms with E-state index in [1.165, 1.54) is 24.3 Å². The van der Waals surface area contributed by atoms with E-state index in [9.17, 15) is 18.0 Å². The Bertz CT molecular complexity index is 1040. The maximum Gasteiger partial charge on any atom is 0.573 e. The number of pyridine rings is 1. The molecular formula is C21H18F3NO3. The van der Waals surface area contributed by atoms with Gasteiger partial charge in [0.05, 0.1) is 0 Å². The van der Waals surface area contributed by atoms with Gasteiger partial charge in [0.1, 0.15) is 17.2 Å². The molecule has 3 aromatic rings. The van der Waals surface area contributed by atoms with E-state index in [1.54, 1.807) is 31.2 Å². The number of nitrogens with one attached hydrogen (secondary N) is 1. The van der Waals surface area contributed by atoms with Gasteiger partial charge in [-0.25, -0.2) is 0 Å². The second-order valence-corrected chi connectivity index (χ2v) is 6.35. The number of aromatic nitrogens is 1. The highest BCUT2D eigenvalue weighted by Gasteiger charge is 2.31. The van der Waals surface area contributed by atoms with Crippen molar-refractivity contribution in [2.45, 2.75) is 27.1 Å². The van der Waals surface area contributed by atoms with Crippen LogP contribution in [-0.2, 0) is 0 Å². The van der Waals surface area contributed by atoms with Crippen molar-refractivity contribution in [1.29, 1.82) is 0 Å². The third-order valence-electron chi connectivity index (χ3n) is 4.32. The number of benzene rings is 2. The molecule has 0 saturated carbocycles. The summed E-state index contributed by atoms with van der Waals surface area (Å²) in [5.41, 5.74) is 3.61. The van der Waals surface area contributed by atoms with Crippen molar-refractivity contribution in [1.82, 2.24) is 4.98 Å². The summed E-state index contributed by atoms with van der Waals surface area (Å²) in [6.07, 6.45) is -4.73. The second-order valence-electron chi connectivity index (χ2n) is 6.35. The lowest BCUT2D eigenvalue weighted by Gasteiger charge is -2.11. The zero-order valence-corrected chi connectivity index (χ0v) is 15.5. The van der Waals surface area contributed by atoms with Gasteiger partial charge in [-0.15, -0.1) is 13.2 Å². The Morgan fingerprint density at radius 3 is 1.82 bits per heavy atom. The number of aromatic amines is 1. The Labute approximate surface area is 159 Å². The minimum absolute atomic E-state index is 0.0253. The Balaban J connectivity index is 1.79. The van der Waals surface area contributed by atoms with Crippen LogP contribution in [0.15, 0.2) is 53.3 Å². The molecule has 28 heavy (non-hydrogen) atoms. The average Bonchev–Trinajstić information content (AvgIpc) is 2.62. The van der Waals surface area contributed by atoms with Gasteiger partial charge in [0, 0.05) is 22.5 Å². The second kappa shape index (κ2) is 7.42. The molecule has 0 aliphatic heterocycles. The van der Waals surface area contributed by atoms with Crippen LogP contribution >= 0.6 is 0 Å². The summed E-state index contributed by atoms with van der Waals surface area (Å²) >= 11 is 0. The summed E-state index contributed by atoms with van der Waals surface area (Å²) in [6, 6.07) is 12.0. The topological polar surface area (TPSA) is 51.3 Å². The van der Waals surface area contributed by atoms with E-state index in [4.69, 9.17) is 4.74 Å². The average molecular weight is 389 g/mol. The minimum Gasteiger partial charge on any atom is -0.457 e. The molecule has 0 radical (unpaired) electrons. The van der Waals surface area contributed by atoms with E-state index in [2.05, 4.69) is 9.72 Å². The summed E-state index contributed by atoms with van der Waals surface area (Å²) in [5.74, 6) is 0.535. The van der Waals surface area contributed by atoms with Crippen LogP contribution in [0.2, 0.25) is 0 Å². The number of hydrogen-bond acceptors (Lipinski definition) is 3. The van der Waals surface area contributed by atoms with Crippen molar-refractivity contribution in [3.05, 3.63) is 75.7 Å². The third-order valence-corrected chi connectivity index (χ3v) is 4.32. The van der Waals surface area contributed by atoms with Gasteiger partial charge in [0.15, 0.2) is 5.43 Å². The minimum atomic E-state index is -4.73. The van der Waals surface area contributed by atoms with Crippen LogP contribution in [0.5, 0.6) is 17.2 Å². The molecule has 1 aromatic heterocycles. The van der Waals surface area contributed by atoms with Crippen LogP contribution in [0.3, 0.4) is 0 Å². The fourth-order valence-electron chi connectivity index (χ4n) is 2.85. The highest BCUT2D eigenvalue weighted by atomic mass is 19.4. The molecule has 4 nitrogen and oxygen atoms in total. The molecule has 0 fully saturated rings. The monoisotopic (exact) mass is 389 g/mol. The molecule has 0 amide bonds. The molecule has 0 aliphatic carbocycles.